The lowest BCUT2D eigenvalue weighted by atomic mass is 10.1. The Morgan fingerprint density at radius 2 is 1.47 bits per heavy atom. The minimum atomic E-state index is -0.767. The van der Waals surface area contributed by atoms with E-state index in [0.717, 1.165) is 16.9 Å². The Morgan fingerprint density at radius 1 is 0.844 bits per heavy atom. The zero-order valence-electron chi connectivity index (χ0n) is 18.1. The standard InChI is InChI=1S/C26H29NO5/c1-30-26(29)25(27-17-22(28)19-32-23-10-6-3-7-11-23)16-20-12-14-24(15-13-20)31-18-21-8-4-2-5-9-21/h2-15,22,25,27-28H,16-19H2,1H3/t22?,25-/m0/s1. The maximum Gasteiger partial charge on any atom is 0.323 e. The average Bonchev–Trinajstić information content (AvgIpc) is 2.85. The number of methoxy groups -OCH3 is 1. The van der Waals surface area contributed by atoms with Crippen molar-refractivity contribution in [2.75, 3.05) is 20.3 Å². The molecule has 32 heavy (non-hydrogen) atoms. The summed E-state index contributed by atoms with van der Waals surface area (Å²) < 4.78 is 16.3. The summed E-state index contributed by atoms with van der Waals surface area (Å²) >= 11 is 0. The molecule has 0 saturated carbocycles. The molecule has 1 unspecified atom stereocenters. The molecule has 0 fully saturated rings. The molecule has 0 radical (unpaired) electrons. The first-order chi connectivity index (χ1) is 15.6. The quantitative estimate of drug-likeness (QED) is 0.425. The average molecular weight is 436 g/mol. The summed E-state index contributed by atoms with van der Waals surface area (Å²) in [5.74, 6) is 1.06. The van der Waals surface area contributed by atoms with E-state index < -0.39 is 12.1 Å². The van der Waals surface area contributed by atoms with Crippen LogP contribution in [0.4, 0.5) is 0 Å². The minimum Gasteiger partial charge on any atom is -0.491 e. The maximum absolute atomic E-state index is 12.2. The van der Waals surface area contributed by atoms with E-state index in [-0.39, 0.29) is 19.1 Å². The van der Waals surface area contributed by atoms with Gasteiger partial charge in [0.2, 0.25) is 0 Å². The van der Waals surface area contributed by atoms with E-state index in [0.29, 0.717) is 18.8 Å². The highest BCUT2D eigenvalue weighted by molar-refractivity contribution is 5.76. The molecule has 0 aromatic heterocycles. The van der Waals surface area contributed by atoms with Gasteiger partial charge in [0.1, 0.15) is 36.9 Å². The monoisotopic (exact) mass is 435 g/mol. The smallest absolute Gasteiger partial charge is 0.323 e. The van der Waals surface area contributed by atoms with Crippen LogP contribution in [0, 0.1) is 0 Å². The molecule has 0 spiro atoms. The molecule has 6 heteroatoms. The van der Waals surface area contributed by atoms with Gasteiger partial charge in [-0.1, -0.05) is 60.7 Å². The van der Waals surface area contributed by atoms with Crippen LogP contribution in [0.25, 0.3) is 0 Å². The summed E-state index contributed by atoms with van der Waals surface area (Å²) in [7, 11) is 1.35. The molecule has 3 aromatic rings. The van der Waals surface area contributed by atoms with Crippen LogP contribution in [0.3, 0.4) is 0 Å². The number of benzene rings is 3. The third kappa shape index (κ3) is 7.72. The molecule has 168 valence electrons. The number of nitrogens with one attached hydrogen (secondary N) is 1. The van der Waals surface area contributed by atoms with Crippen molar-refractivity contribution in [2.45, 2.75) is 25.2 Å². The molecule has 0 aliphatic carbocycles. The number of carbonyl (C=O) groups excluding carboxylic acids is 1. The summed E-state index contributed by atoms with van der Waals surface area (Å²) in [4.78, 5) is 12.2. The number of carbonyl (C=O) groups is 1. The first-order valence-electron chi connectivity index (χ1n) is 10.6. The number of aliphatic hydroxyl groups excluding tert-OH is 1. The highest BCUT2D eigenvalue weighted by Gasteiger charge is 2.20. The Labute approximate surface area is 188 Å². The maximum atomic E-state index is 12.2. The van der Waals surface area contributed by atoms with Gasteiger partial charge in [0.25, 0.3) is 0 Å². The van der Waals surface area contributed by atoms with Crippen LogP contribution in [-0.2, 0) is 22.6 Å². The summed E-state index contributed by atoms with van der Waals surface area (Å²) in [6.45, 7) is 0.818. The van der Waals surface area contributed by atoms with Crippen LogP contribution in [0.1, 0.15) is 11.1 Å². The number of hydrogen-bond donors (Lipinski definition) is 2. The van der Waals surface area contributed by atoms with Crippen molar-refractivity contribution in [3.63, 3.8) is 0 Å². The second-order valence-corrected chi connectivity index (χ2v) is 7.38. The van der Waals surface area contributed by atoms with E-state index in [9.17, 15) is 9.90 Å². The normalized spacial score (nSPS) is 12.6. The van der Waals surface area contributed by atoms with Gasteiger partial charge in [-0.05, 0) is 41.8 Å². The van der Waals surface area contributed by atoms with Gasteiger partial charge in [0.15, 0.2) is 0 Å². The van der Waals surface area contributed by atoms with Crippen LogP contribution in [0.5, 0.6) is 11.5 Å². The van der Waals surface area contributed by atoms with Gasteiger partial charge in [-0.15, -0.1) is 0 Å². The van der Waals surface area contributed by atoms with Gasteiger partial charge >= 0.3 is 5.97 Å². The van der Waals surface area contributed by atoms with Gasteiger partial charge in [0, 0.05) is 6.54 Å². The van der Waals surface area contributed by atoms with E-state index in [2.05, 4.69) is 5.32 Å². The van der Waals surface area contributed by atoms with Crippen LogP contribution in [0.2, 0.25) is 0 Å². The van der Waals surface area contributed by atoms with Gasteiger partial charge in [-0.25, -0.2) is 0 Å². The van der Waals surface area contributed by atoms with Crippen LogP contribution >= 0.6 is 0 Å². The van der Waals surface area contributed by atoms with Crippen molar-refractivity contribution >= 4 is 5.97 Å². The predicted octanol–water partition coefficient (Wildman–Crippen LogP) is 3.38. The molecule has 2 atom stereocenters. The molecule has 2 N–H and O–H groups in total. The summed E-state index contributed by atoms with van der Waals surface area (Å²) in [5, 5.41) is 13.3. The van der Waals surface area contributed by atoms with E-state index >= 15 is 0 Å². The van der Waals surface area contributed by atoms with Crippen LogP contribution in [-0.4, -0.2) is 43.5 Å². The second-order valence-electron chi connectivity index (χ2n) is 7.38. The summed E-state index contributed by atoms with van der Waals surface area (Å²) in [6, 6.07) is 26.3. The zero-order valence-corrected chi connectivity index (χ0v) is 18.1. The molecule has 0 amide bonds. The number of aliphatic hydroxyl groups is 1. The van der Waals surface area contributed by atoms with Gasteiger partial charge < -0.3 is 24.6 Å². The van der Waals surface area contributed by atoms with Crippen LogP contribution < -0.4 is 14.8 Å². The number of hydrogen-bond acceptors (Lipinski definition) is 6. The summed E-state index contributed by atoms with van der Waals surface area (Å²) in [6.07, 6.45) is -0.339. The van der Waals surface area contributed by atoms with E-state index in [1.165, 1.54) is 7.11 Å². The molecule has 0 bridgehead atoms. The fourth-order valence-electron chi connectivity index (χ4n) is 3.13. The van der Waals surface area contributed by atoms with Gasteiger partial charge in [0.05, 0.1) is 7.11 Å². The molecular formula is C26H29NO5. The first-order valence-corrected chi connectivity index (χ1v) is 10.6. The lowest BCUT2D eigenvalue weighted by Gasteiger charge is -2.19. The van der Waals surface area contributed by atoms with Crippen molar-refractivity contribution in [1.29, 1.82) is 0 Å². The zero-order chi connectivity index (χ0) is 22.6. The fraction of sp³-hybridized carbons (Fsp3) is 0.269. The lowest BCUT2D eigenvalue weighted by Crippen LogP contribution is -2.44. The largest absolute Gasteiger partial charge is 0.491 e. The van der Waals surface area contributed by atoms with Crippen molar-refractivity contribution in [1.82, 2.24) is 5.32 Å². The van der Waals surface area contributed by atoms with E-state index in [4.69, 9.17) is 14.2 Å². The Bertz CT molecular complexity index is 931. The third-order valence-corrected chi connectivity index (χ3v) is 4.88. The Hall–Kier alpha value is -3.35. The van der Waals surface area contributed by atoms with Crippen molar-refractivity contribution in [3.05, 3.63) is 96.1 Å². The highest BCUT2D eigenvalue weighted by atomic mass is 16.5. The van der Waals surface area contributed by atoms with Crippen molar-refractivity contribution in [2.24, 2.45) is 0 Å². The molecule has 3 rings (SSSR count). The third-order valence-electron chi connectivity index (χ3n) is 4.88. The Kier molecular flexibility index (Phi) is 9.10. The van der Waals surface area contributed by atoms with Gasteiger partial charge in [-0.2, -0.15) is 0 Å². The predicted molar refractivity (Wildman–Crippen MR) is 123 cm³/mol. The van der Waals surface area contributed by atoms with Crippen molar-refractivity contribution < 1.29 is 24.1 Å². The molecule has 3 aromatic carbocycles. The Morgan fingerprint density at radius 3 is 2.12 bits per heavy atom. The fourth-order valence-corrected chi connectivity index (χ4v) is 3.13. The molecule has 0 saturated heterocycles. The number of ether oxygens (including phenoxy) is 3. The lowest BCUT2D eigenvalue weighted by molar-refractivity contribution is -0.143. The molecule has 0 aliphatic rings. The molecule has 0 heterocycles. The number of rotatable bonds is 12. The molecule has 0 aliphatic heterocycles. The second kappa shape index (κ2) is 12.5. The molecular weight excluding hydrogens is 406 g/mol. The van der Waals surface area contributed by atoms with Crippen LogP contribution in [0.15, 0.2) is 84.9 Å². The number of para-hydroxylation sites is 1. The Balaban J connectivity index is 1.48. The minimum absolute atomic E-state index is 0.123. The first kappa shape index (κ1) is 23.3. The highest BCUT2D eigenvalue weighted by Crippen LogP contribution is 2.16. The van der Waals surface area contributed by atoms with Gasteiger partial charge in [-0.3, -0.25) is 4.79 Å². The number of esters is 1. The SMILES string of the molecule is COC(=O)[C@H](Cc1ccc(OCc2ccccc2)cc1)NCC(O)COc1ccccc1. The summed E-state index contributed by atoms with van der Waals surface area (Å²) in [5.41, 5.74) is 2.05. The molecule has 6 nitrogen and oxygen atoms in total. The van der Waals surface area contributed by atoms with E-state index in [1.807, 2.05) is 84.9 Å². The van der Waals surface area contributed by atoms with Crippen molar-refractivity contribution in [3.8, 4) is 11.5 Å². The topological polar surface area (TPSA) is 77.0 Å². The van der Waals surface area contributed by atoms with E-state index in [1.54, 1.807) is 0 Å².